The standard InChI is InChI=1S/C14H22N4O2/c1-11(2)10-20-14(19)18-7-5-17(6-8-18)13-3-4-16-9-12(13)15/h3-4,9,11H,5-8,10,15H2,1-2H3. The predicted octanol–water partition coefficient (Wildman–Crippen LogP) is 1.58. The Hall–Kier alpha value is -1.98. The minimum absolute atomic E-state index is 0.221. The molecule has 0 saturated carbocycles. The summed E-state index contributed by atoms with van der Waals surface area (Å²) in [6, 6.07) is 1.90. The van der Waals surface area contributed by atoms with Gasteiger partial charge in [0.1, 0.15) is 0 Å². The van der Waals surface area contributed by atoms with Crippen LogP contribution in [-0.4, -0.2) is 48.8 Å². The highest BCUT2D eigenvalue weighted by Crippen LogP contribution is 2.22. The first-order chi connectivity index (χ1) is 9.58. The van der Waals surface area contributed by atoms with E-state index in [1.54, 1.807) is 17.3 Å². The quantitative estimate of drug-likeness (QED) is 0.909. The maximum Gasteiger partial charge on any atom is 0.409 e. The highest BCUT2D eigenvalue weighted by molar-refractivity contribution is 5.69. The maximum atomic E-state index is 11.9. The lowest BCUT2D eigenvalue weighted by atomic mass is 10.2. The summed E-state index contributed by atoms with van der Waals surface area (Å²) < 4.78 is 5.24. The first-order valence-corrected chi connectivity index (χ1v) is 6.94. The summed E-state index contributed by atoms with van der Waals surface area (Å²) in [4.78, 5) is 19.8. The van der Waals surface area contributed by atoms with Crippen molar-refractivity contribution in [3.8, 4) is 0 Å². The second-order valence-electron chi connectivity index (χ2n) is 5.38. The molecule has 2 N–H and O–H groups in total. The molecule has 1 saturated heterocycles. The zero-order valence-corrected chi connectivity index (χ0v) is 12.1. The van der Waals surface area contributed by atoms with Crippen LogP contribution in [0.15, 0.2) is 18.5 Å². The van der Waals surface area contributed by atoms with Crippen molar-refractivity contribution in [1.82, 2.24) is 9.88 Å². The van der Waals surface area contributed by atoms with Gasteiger partial charge in [-0.1, -0.05) is 13.8 Å². The van der Waals surface area contributed by atoms with Crippen LogP contribution in [0.2, 0.25) is 0 Å². The molecule has 0 radical (unpaired) electrons. The number of aromatic nitrogens is 1. The summed E-state index contributed by atoms with van der Waals surface area (Å²) in [5.74, 6) is 0.358. The minimum atomic E-state index is -0.221. The normalized spacial score (nSPS) is 15.6. The lowest BCUT2D eigenvalue weighted by Crippen LogP contribution is -2.49. The van der Waals surface area contributed by atoms with Crippen LogP contribution in [0.5, 0.6) is 0 Å². The fourth-order valence-corrected chi connectivity index (χ4v) is 2.15. The van der Waals surface area contributed by atoms with Gasteiger partial charge in [0.05, 0.1) is 24.2 Å². The number of nitrogen functional groups attached to an aromatic ring is 1. The van der Waals surface area contributed by atoms with E-state index >= 15 is 0 Å². The third-order valence-corrected chi connectivity index (χ3v) is 3.25. The van der Waals surface area contributed by atoms with Gasteiger partial charge in [-0.25, -0.2) is 4.79 Å². The number of rotatable bonds is 3. The molecule has 2 rings (SSSR count). The van der Waals surface area contributed by atoms with E-state index in [1.165, 1.54) is 0 Å². The Kier molecular flexibility index (Phi) is 4.65. The third kappa shape index (κ3) is 3.53. The molecule has 1 aliphatic rings. The topological polar surface area (TPSA) is 71.7 Å². The van der Waals surface area contributed by atoms with Gasteiger partial charge in [0.2, 0.25) is 0 Å². The molecule has 1 aromatic heterocycles. The van der Waals surface area contributed by atoms with Crippen molar-refractivity contribution >= 4 is 17.5 Å². The first kappa shape index (κ1) is 14.4. The van der Waals surface area contributed by atoms with Gasteiger partial charge in [0.25, 0.3) is 0 Å². The number of anilines is 2. The third-order valence-electron chi connectivity index (χ3n) is 3.25. The van der Waals surface area contributed by atoms with Gasteiger partial charge >= 0.3 is 6.09 Å². The van der Waals surface area contributed by atoms with E-state index in [0.29, 0.717) is 31.3 Å². The zero-order valence-electron chi connectivity index (χ0n) is 12.1. The molecular weight excluding hydrogens is 256 g/mol. The van der Waals surface area contributed by atoms with E-state index in [1.807, 2.05) is 19.9 Å². The van der Waals surface area contributed by atoms with Crippen LogP contribution in [0.4, 0.5) is 16.2 Å². The summed E-state index contributed by atoms with van der Waals surface area (Å²) in [6.07, 6.45) is 3.16. The Morgan fingerprint density at radius 1 is 1.40 bits per heavy atom. The molecule has 110 valence electrons. The molecule has 1 aromatic rings. The van der Waals surface area contributed by atoms with Gasteiger partial charge in [-0.3, -0.25) is 4.98 Å². The number of hydrogen-bond donors (Lipinski definition) is 1. The van der Waals surface area contributed by atoms with Crippen LogP contribution in [0.3, 0.4) is 0 Å². The van der Waals surface area contributed by atoms with Crippen LogP contribution in [0.1, 0.15) is 13.8 Å². The van der Waals surface area contributed by atoms with E-state index in [9.17, 15) is 4.79 Å². The molecule has 6 heteroatoms. The number of carbonyl (C=O) groups excluding carboxylic acids is 1. The van der Waals surface area contributed by atoms with Crippen LogP contribution >= 0.6 is 0 Å². The van der Waals surface area contributed by atoms with E-state index < -0.39 is 0 Å². The van der Waals surface area contributed by atoms with Crippen LogP contribution in [0, 0.1) is 5.92 Å². The number of carbonyl (C=O) groups is 1. The summed E-state index contributed by atoms with van der Waals surface area (Å²) in [5.41, 5.74) is 7.57. The molecule has 1 aliphatic heterocycles. The number of hydrogen-bond acceptors (Lipinski definition) is 5. The van der Waals surface area contributed by atoms with Crippen molar-refractivity contribution in [3.63, 3.8) is 0 Å². The number of ether oxygens (including phenoxy) is 1. The smallest absolute Gasteiger partial charge is 0.409 e. The fraction of sp³-hybridized carbons (Fsp3) is 0.571. The molecule has 20 heavy (non-hydrogen) atoms. The van der Waals surface area contributed by atoms with E-state index in [4.69, 9.17) is 10.5 Å². The summed E-state index contributed by atoms with van der Waals surface area (Å²) >= 11 is 0. The fourth-order valence-electron chi connectivity index (χ4n) is 2.15. The number of nitrogens with zero attached hydrogens (tertiary/aromatic N) is 3. The van der Waals surface area contributed by atoms with E-state index in [0.717, 1.165) is 18.8 Å². The molecule has 0 atom stereocenters. The molecule has 1 fully saturated rings. The number of amides is 1. The first-order valence-electron chi connectivity index (χ1n) is 6.94. The van der Waals surface area contributed by atoms with Gasteiger partial charge in [-0.05, 0) is 12.0 Å². The van der Waals surface area contributed by atoms with Gasteiger partial charge in [0, 0.05) is 32.4 Å². The van der Waals surface area contributed by atoms with Crippen molar-refractivity contribution < 1.29 is 9.53 Å². The lowest BCUT2D eigenvalue weighted by Gasteiger charge is -2.35. The van der Waals surface area contributed by atoms with Gasteiger partial charge in [-0.2, -0.15) is 0 Å². The average molecular weight is 278 g/mol. The van der Waals surface area contributed by atoms with Gasteiger partial charge in [0.15, 0.2) is 0 Å². The summed E-state index contributed by atoms with van der Waals surface area (Å²) in [7, 11) is 0. The minimum Gasteiger partial charge on any atom is -0.449 e. The Morgan fingerprint density at radius 2 is 2.10 bits per heavy atom. The monoisotopic (exact) mass is 278 g/mol. The average Bonchev–Trinajstić information content (AvgIpc) is 2.45. The van der Waals surface area contributed by atoms with Crippen molar-refractivity contribution in [2.75, 3.05) is 43.4 Å². The molecule has 0 unspecified atom stereocenters. The van der Waals surface area contributed by atoms with Crippen molar-refractivity contribution in [1.29, 1.82) is 0 Å². The second-order valence-corrected chi connectivity index (χ2v) is 5.38. The second kappa shape index (κ2) is 6.45. The Morgan fingerprint density at radius 3 is 2.70 bits per heavy atom. The molecule has 2 heterocycles. The van der Waals surface area contributed by atoms with Gasteiger partial charge in [-0.15, -0.1) is 0 Å². The molecule has 6 nitrogen and oxygen atoms in total. The maximum absolute atomic E-state index is 11.9. The van der Waals surface area contributed by atoms with E-state index in [2.05, 4.69) is 9.88 Å². The number of nitrogens with two attached hydrogens (primary N) is 1. The highest BCUT2D eigenvalue weighted by atomic mass is 16.6. The molecule has 0 aliphatic carbocycles. The SMILES string of the molecule is CC(C)COC(=O)N1CCN(c2ccncc2N)CC1. The molecule has 0 spiro atoms. The lowest BCUT2D eigenvalue weighted by molar-refractivity contribution is 0.0901. The predicted molar refractivity (Wildman–Crippen MR) is 78.6 cm³/mol. The Bertz CT molecular complexity index is 456. The largest absolute Gasteiger partial charge is 0.449 e. The summed E-state index contributed by atoms with van der Waals surface area (Å²) in [5, 5.41) is 0. The molecule has 0 bridgehead atoms. The highest BCUT2D eigenvalue weighted by Gasteiger charge is 2.23. The van der Waals surface area contributed by atoms with Crippen LogP contribution in [-0.2, 0) is 4.74 Å². The number of pyridine rings is 1. The van der Waals surface area contributed by atoms with Crippen molar-refractivity contribution in [3.05, 3.63) is 18.5 Å². The zero-order chi connectivity index (χ0) is 14.5. The van der Waals surface area contributed by atoms with Crippen molar-refractivity contribution in [2.45, 2.75) is 13.8 Å². The Balaban J connectivity index is 1.86. The molecule has 0 aromatic carbocycles. The van der Waals surface area contributed by atoms with Crippen LogP contribution in [0.25, 0.3) is 0 Å². The van der Waals surface area contributed by atoms with Crippen LogP contribution < -0.4 is 10.6 Å². The Labute approximate surface area is 119 Å². The molecule has 1 amide bonds. The van der Waals surface area contributed by atoms with Crippen molar-refractivity contribution in [2.24, 2.45) is 5.92 Å². The summed E-state index contributed by atoms with van der Waals surface area (Å²) in [6.45, 7) is 7.33. The van der Waals surface area contributed by atoms with Gasteiger partial charge < -0.3 is 20.3 Å². The van der Waals surface area contributed by atoms with E-state index in [-0.39, 0.29) is 6.09 Å². The number of piperazine rings is 1. The molecular formula is C14H22N4O2.